The number of anilines is 1. The van der Waals surface area contributed by atoms with Gasteiger partial charge in [0.1, 0.15) is 16.5 Å². The number of carbonyl (C=O) groups is 1. The van der Waals surface area contributed by atoms with E-state index >= 15 is 8.78 Å². The number of fused-ring (bicyclic) bond motifs is 1. The first kappa shape index (κ1) is 35.1. The minimum Gasteiger partial charge on any atom is -0.393 e. The van der Waals surface area contributed by atoms with Gasteiger partial charge in [-0.3, -0.25) is 28.7 Å². The van der Waals surface area contributed by atoms with Crippen molar-refractivity contribution in [2.75, 3.05) is 19.5 Å². The highest BCUT2D eigenvalue weighted by Crippen LogP contribution is 2.40. The maximum atomic E-state index is 15.1. The number of aromatic nitrogens is 3. The second kappa shape index (κ2) is 15.0. The molecule has 0 spiro atoms. The molecule has 1 saturated carbocycles. The first-order valence-corrected chi connectivity index (χ1v) is 17.1. The van der Waals surface area contributed by atoms with Gasteiger partial charge in [-0.05, 0) is 87.2 Å². The number of urea groups is 1. The molecule has 3 aromatic heterocycles. The van der Waals surface area contributed by atoms with E-state index in [9.17, 15) is 19.5 Å². The number of pyridine rings is 1. The minimum atomic E-state index is -0.801. The third kappa shape index (κ3) is 7.10. The van der Waals surface area contributed by atoms with Gasteiger partial charge >= 0.3 is 11.7 Å². The molecule has 5 aromatic rings. The molecule has 6 rings (SSSR count). The third-order valence-corrected chi connectivity index (χ3v) is 10.6. The Labute approximate surface area is 290 Å². The van der Waals surface area contributed by atoms with Crippen molar-refractivity contribution < 1.29 is 23.5 Å². The van der Waals surface area contributed by atoms with Gasteiger partial charge < -0.3 is 10.4 Å². The van der Waals surface area contributed by atoms with Crippen molar-refractivity contribution in [2.45, 2.75) is 63.9 Å². The van der Waals surface area contributed by atoms with Crippen LogP contribution >= 0.6 is 11.3 Å². The summed E-state index contributed by atoms with van der Waals surface area (Å²) in [7, 11) is 3.24. The van der Waals surface area contributed by atoms with Crippen LogP contribution in [0, 0.1) is 11.6 Å². The molecule has 3 N–H and O–H groups in total. The van der Waals surface area contributed by atoms with Gasteiger partial charge in [-0.15, -0.1) is 11.3 Å². The Morgan fingerprint density at radius 1 is 1.04 bits per heavy atom. The van der Waals surface area contributed by atoms with Gasteiger partial charge in [0.15, 0.2) is 0 Å². The van der Waals surface area contributed by atoms with Gasteiger partial charge in [0.2, 0.25) is 0 Å². The van der Waals surface area contributed by atoms with Crippen LogP contribution in [0.25, 0.3) is 20.7 Å². The Hall–Kier alpha value is -4.76. The van der Waals surface area contributed by atoms with E-state index in [1.165, 1.54) is 33.6 Å². The Bertz CT molecular complexity index is 2090. The zero-order valence-corrected chi connectivity index (χ0v) is 28.7. The predicted octanol–water partition coefficient (Wildman–Crippen LogP) is 5.97. The molecule has 0 aliphatic heterocycles. The van der Waals surface area contributed by atoms with Crippen molar-refractivity contribution >= 4 is 33.3 Å². The molecule has 262 valence electrons. The summed E-state index contributed by atoms with van der Waals surface area (Å²) in [5, 5.41) is 13.2. The van der Waals surface area contributed by atoms with E-state index in [0.717, 1.165) is 17.8 Å². The van der Waals surface area contributed by atoms with Crippen LogP contribution in [0.4, 0.5) is 19.3 Å². The van der Waals surface area contributed by atoms with E-state index < -0.39 is 47.6 Å². The van der Waals surface area contributed by atoms with Crippen LogP contribution in [0.2, 0.25) is 0 Å². The molecule has 1 aliphatic rings. The van der Waals surface area contributed by atoms with Gasteiger partial charge in [0.25, 0.3) is 5.56 Å². The third-order valence-electron chi connectivity index (χ3n) is 9.30. The first-order chi connectivity index (χ1) is 24.1. The fraction of sp³-hybridized carbons (Fsp3) is 0.333. The summed E-state index contributed by atoms with van der Waals surface area (Å²) < 4.78 is 32.7. The van der Waals surface area contributed by atoms with Crippen LogP contribution in [-0.4, -0.2) is 50.4 Å². The zero-order valence-electron chi connectivity index (χ0n) is 27.9. The highest BCUT2D eigenvalue weighted by atomic mass is 32.1. The summed E-state index contributed by atoms with van der Waals surface area (Å²) in [4.78, 5) is 53.2. The molecule has 50 heavy (non-hydrogen) atoms. The van der Waals surface area contributed by atoms with Gasteiger partial charge in [0, 0.05) is 41.0 Å². The topological polar surface area (TPSA) is 131 Å². The van der Waals surface area contributed by atoms with Crippen LogP contribution in [0.5, 0.6) is 0 Å². The first-order valence-electron chi connectivity index (χ1n) is 16.3. The number of nitrogens with zero attached hydrogens (tertiary/aromatic N) is 4. The van der Waals surface area contributed by atoms with Crippen molar-refractivity contribution in [3.8, 4) is 10.4 Å². The number of amides is 2. The zero-order chi connectivity index (χ0) is 35.5. The van der Waals surface area contributed by atoms with E-state index in [1.54, 1.807) is 30.5 Å². The Balaban J connectivity index is 1.57. The van der Waals surface area contributed by atoms with Crippen LogP contribution in [0.3, 0.4) is 0 Å². The van der Waals surface area contributed by atoms with Crippen molar-refractivity contribution in [1.82, 2.24) is 24.5 Å². The van der Waals surface area contributed by atoms with E-state index in [0.29, 0.717) is 52.2 Å². The fourth-order valence-corrected chi connectivity index (χ4v) is 7.78. The van der Waals surface area contributed by atoms with Crippen molar-refractivity contribution in [3.05, 3.63) is 116 Å². The monoisotopic (exact) mass is 704 g/mol. The Kier molecular flexibility index (Phi) is 10.5. The number of hydroxylamine groups is 1. The smallest absolute Gasteiger partial charge is 0.343 e. The van der Waals surface area contributed by atoms with Crippen molar-refractivity contribution in [1.29, 1.82) is 0 Å². The summed E-state index contributed by atoms with van der Waals surface area (Å²) >= 11 is 1.20. The fourth-order valence-electron chi connectivity index (χ4n) is 6.48. The molecule has 1 atom stereocenters. The molecular weight excluding hydrogens is 666 g/mol. The van der Waals surface area contributed by atoms with E-state index in [4.69, 9.17) is 0 Å². The van der Waals surface area contributed by atoms with E-state index in [1.807, 2.05) is 37.1 Å². The average Bonchev–Trinajstić information content (AvgIpc) is 3.48. The number of rotatable bonds is 10. The lowest BCUT2D eigenvalue weighted by molar-refractivity contribution is 0.108. The van der Waals surface area contributed by atoms with Crippen LogP contribution in [0.1, 0.15) is 61.5 Å². The van der Waals surface area contributed by atoms with Gasteiger partial charge in [-0.25, -0.2) is 23.9 Å². The number of carbonyl (C=O) groups excluding carboxylic acids is 1. The Morgan fingerprint density at radius 2 is 1.74 bits per heavy atom. The van der Waals surface area contributed by atoms with E-state index in [-0.39, 0.29) is 23.5 Å². The van der Waals surface area contributed by atoms with Crippen LogP contribution in [-0.2, 0) is 17.9 Å². The summed E-state index contributed by atoms with van der Waals surface area (Å²) in [6.07, 6.45) is 2.85. The summed E-state index contributed by atoms with van der Waals surface area (Å²) in [6, 6.07) is 15.0. The SMILES string of the molecule is CONC(=O)Nc1ccc(-c2sc3c(c2CN(C)[C@H](C)c2ccccn2)c(=O)n(C2CCC(O)CC2)c(=O)n3Cc2c(F)cccc2F)cc1. The largest absolute Gasteiger partial charge is 0.393 e. The summed E-state index contributed by atoms with van der Waals surface area (Å²) in [6.45, 7) is 1.85. The second-order valence-electron chi connectivity index (χ2n) is 12.5. The maximum Gasteiger partial charge on any atom is 0.343 e. The normalized spacial score (nSPS) is 16.9. The van der Waals surface area contributed by atoms with Crippen molar-refractivity contribution in [2.24, 2.45) is 0 Å². The molecule has 0 saturated heterocycles. The molecule has 1 fully saturated rings. The molecule has 0 radical (unpaired) electrons. The number of benzene rings is 2. The average molecular weight is 705 g/mol. The maximum absolute atomic E-state index is 15.1. The lowest BCUT2D eigenvalue weighted by Crippen LogP contribution is -2.43. The standard InChI is InChI=1S/C36H38F2N6O5S/c1-21(30-9-4-5-18-39-30)42(2)19-27-31-33(46)44(24-14-16-25(45)17-15-24)36(48)43(20-26-28(37)7-6-8-29(26)38)34(31)50-32(27)22-10-12-23(13-11-22)40-35(47)41-49-3/h4-13,18,21,24-25,45H,14-17,19-20H2,1-3H3,(H2,40,41,47)/t21-,24?,25?/m1/s1. The molecule has 3 heterocycles. The Morgan fingerprint density at radius 3 is 2.38 bits per heavy atom. The molecule has 11 nitrogen and oxygen atoms in total. The lowest BCUT2D eigenvalue weighted by atomic mass is 9.93. The molecule has 1 aliphatic carbocycles. The molecule has 2 aromatic carbocycles. The second-order valence-corrected chi connectivity index (χ2v) is 13.5. The molecule has 14 heteroatoms. The number of hydrogen-bond acceptors (Lipinski definition) is 8. The summed E-state index contributed by atoms with van der Waals surface area (Å²) in [5.41, 5.74) is 3.43. The summed E-state index contributed by atoms with van der Waals surface area (Å²) in [5.74, 6) is -1.60. The van der Waals surface area contributed by atoms with Gasteiger partial charge in [-0.1, -0.05) is 24.3 Å². The predicted molar refractivity (Wildman–Crippen MR) is 188 cm³/mol. The van der Waals surface area contributed by atoms with Crippen molar-refractivity contribution in [3.63, 3.8) is 0 Å². The van der Waals surface area contributed by atoms with Gasteiger partial charge in [-0.2, -0.15) is 0 Å². The van der Waals surface area contributed by atoms with Gasteiger partial charge in [0.05, 0.1) is 30.8 Å². The minimum absolute atomic E-state index is 0.162. The van der Waals surface area contributed by atoms with Crippen LogP contribution < -0.4 is 22.0 Å². The number of nitrogens with one attached hydrogen (secondary N) is 2. The molecule has 0 bridgehead atoms. The molecule has 2 amide bonds. The molecular formula is C36H38F2N6O5S. The molecule has 0 unspecified atom stereocenters. The van der Waals surface area contributed by atoms with E-state index in [2.05, 4.69) is 20.6 Å². The highest BCUT2D eigenvalue weighted by molar-refractivity contribution is 7.22. The number of aliphatic hydroxyl groups excluding tert-OH is 1. The lowest BCUT2D eigenvalue weighted by Gasteiger charge is -2.27. The number of aliphatic hydroxyl groups is 1. The quantitative estimate of drug-likeness (QED) is 0.153. The number of thiophene rings is 1. The number of halogens is 2. The highest BCUT2D eigenvalue weighted by Gasteiger charge is 2.30. The number of hydrogen-bond donors (Lipinski definition) is 3. The van der Waals surface area contributed by atoms with Crippen LogP contribution in [0.15, 0.2) is 76.4 Å².